The first-order valence-electron chi connectivity index (χ1n) is 6.95. The highest BCUT2D eigenvalue weighted by molar-refractivity contribution is 5.88. The SMILES string of the molecule is CC#CC(C)OC(=O)c1c(F)ncn1[C@H](C)c1ccccc1. The number of imidazole rings is 1. The van der Waals surface area contributed by atoms with Crippen LogP contribution in [0.3, 0.4) is 0 Å². The highest BCUT2D eigenvalue weighted by Gasteiger charge is 2.25. The molecule has 4 nitrogen and oxygen atoms in total. The lowest BCUT2D eigenvalue weighted by Crippen LogP contribution is -2.20. The van der Waals surface area contributed by atoms with Crippen LogP contribution < -0.4 is 0 Å². The van der Waals surface area contributed by atoms with E-state index in [-0.39, 0.29) is 11.7 Å². The molecular formula is C17H17FN2O2. The number of benzene rings is 1. The summed E-state index contributed by atoms with van der Waals surface area (Å²) in [4.78, 5) is 15.8. The maximum atomic E-state index is 13.9. The molecular weight excluding hydrogens is 283 g/mol. The topological polar surface area (TPSA) is 44.1 Å². The van der Waals surface area contributed by atoms with E-state index in [1.165, 1.54) is 10.9 Å². The maximum Gasteiger partial charge on any atom is 0.361 e. The van der Waals surface area contributed by atoms with Gasteiger partial charge in [-0.2, -0.15) is 4.39 Å². The first kappa shape index (κ1) is 15.8. The summed E-state index contributed by atoms with van der Waals surface area (Å²) in [6.45, 7) is 5.14. The van der Waals surface area contributed by atoms with Gasteiger partial charge in [0.1, 0.15) is 0 Å². The van der Waals surface area contributed by atoms with E-state index >= 15 is 0 Å². The van der Waals surface area contributed by atoms with E-state index in [9.17, 15) is 9.18 Å². The average Bonchev–Trinajstić information content (AvgIpc) is 2.89. The number of rotatable bonds is 4. The fourth-order valence-corrected chi connectivity index (χ4v) is 2.16. The lowest BCUT2D eigenvalue weighted by molar-refractivity contribution is 0.0418. The third kappa shape index (κ3) is 3.34. The first-order chi connectivity index (χ1) is 10.5. The summed E-state index contributed by atoms with van der Waals surface area (Å²) in [5, 5.41) is 0. The van der Waals surface area contributed by atoms with Crippen molar-refractivity contribution >= 4 is 5.97 Å². The molecule has 5 heteroatoms. The van der Waals surface area contributed by atoms with Gasteiger partial charge in [0, 0.05) is 0 Å². The van der Waals surface area contributed by atoms with Crippen molar-refractivity contribution in [2.45, 2.75) is 32.9 Å². The highest BCUT2D eigenvalue weighted by atomic mass is 19.1. The van der Waals surface area contributed by atoms with Crippen molar-refractivity contribution in [2.75, 3.05) is 0 Å². The minimum Gasteiger partial charge on any atom is -0.445 e. The number of nitrogens with zero attached hydrogens (tertiary/aromatic N) is 2. The molecule has 2 rings (SSSR count). The molecule has 0 fully saturated rings. The van der Waals surface area contributed by atoms with Gasteiger partial charge < -0.3 is 9.30 Å². The van der Waals surface area contributed by atoms with E-state index < -0.39 is 18.0 Å². The predicted molar refractivity (Wildman–Crippen MR) is 80.8 cm³/mol. The number of esters is 1. The van der Waals surface area contributed by atoms with Gasteiger partial charge in [0.15, 0.2) is 11.8 Å². The van der Waals surface area contributed by atoms with Crippen LogP contribution in [0, 0.1) is 17.8 Å². The van der Waals surface area contributed by atoms with Gasteiger partial charge in [-0.05, 0) is 26.3 Å². The van der Waals surface area contributed by atoms with E-state index in [1.807, 2.05) is 37.3 Å². The van der Waals surface area contributed by atoms with Crippen molar-refractivity contribution < 1.29 is 13.9 Å². The first-order valence-corrected chi connectivity index (χ1v) is 6.95. The van der Waals surface area contributed by atoms with Gasteiger partial charge >= 0.3 is 5.97 Å². The molecule has 1 aromatic heterocycles. The Balaban J connectivity index is 2.31. The van der Waals surface area contributed by atoms with Gasteiger partial charge in [-0.15, -0.1) is 5.92 Å². The van der Waals surface area contributed by atoms with E-state index in [2.05, 4.69) is 16.8 Å². The third-order valence-electron chi connectivity index (χ3n) is 3.27. The normalized spacial score (nSPS) is 12.9. The highest BCUT2D eigenvalue weighted by Crippen LogP contribution is 2.21. The predicted octanol–water partition coefficient (Wildman–Crippen LogP) is 3.20. The van der Waals surface area contributed by atoms with Gasteiger partial charge in [-0.3, -0.25) is 0 Å². The van der Waals surface area contributed by atoms with Crippen LogP contribution in [0.2, 0.25) is 0 Å². The maximum absolute atomic E-state index is 13.9. The van der Waals surface area contributed by atoms with Crippen molar-refractivity contribution in [3.63, 3.8) is 0 Å². The summed E-state index contributed by atoms with van der Waals surface area (Å²) in [6.07, 6.45) is 0.701. The Morgan fingerprint density at radius 1 is 1.32 bits per heavy atom. The molecule has 0 bridgehead atoms. The fraction of sp³-hybridized carbons (Fsp3) is 0.294. The van der Waals surface area contributed by atoms with Gasteiger partial charge in [0.2, 0.25) is 5.95 Å². The molecule has 0 aliphatic rings. The number of halogens is 1. The lowest BCUT2D eigenvalue weighted by atomic mass is 10.1. The molecule has 0 N–H and O–H groups in total. The van der Waals surface area contributed by atoms with Crippen molar-refractivity contribution in [2.24, 2.45) is 0 Å². The van der Waals surface area contributed by atoms with Crippen LogP contribution in [0.1, 0.15) is 42.9 Å². The molecule has 0 radical (unpaired) electrons. The number of hydrogen-bond acceptors (Lipinski definition) is 3. The standard InChI is InChI=1S/C17H17FN2O2/c1-4-8-12(2)22-17(21)15-16(18)19-11-20(15)13(3)14-9-6-5-7-10-14/h5-7,9-13H,1-3H3/t12?,13-/m1/s1. The second kappa shape index (κ2) is 6.90. The van der Waals surface area contributed by atoms with Crippen molar-refractivity contribution in [1.82, 2.24) is 9.55 Å². The number of ether oxygens (including phenoxy) is 1. The average molecular weight is 300 g/mol. The van der Waals surface area contributed by atoms with Gasteiger partial charge in [-0.25, -0.2) is 9.78 Å². The molecule has 0 spiro atoms. The number of carbonyl (C=O) groups excluding carboxylic acids is 1. The zero-order valence-corrected chi connectivity index (χ0v) is 12.7. The van der Waals surface area contributed by atoms with E-state index in [0.717, 1.165) is 5.56 Å². The van der Waals surface area contributed by atoms with Crippen LogP contribution in [0.25, 0.3) is 0 Å². The largest absolute Gasteiger partial charge is 0.445 e. The Kier molecular flexibility index (Phi) is 4.95. The second-order valence-corrected chi connectivity index (χ2v) is 4.82. The van der Waals surface area contributed by atoms with Gasteiger partial charge in [-0.1, -0.05) is 36.3 Å². The summed E-state index contributed by atoms with van der Waals surface area (Å²) in [7, 11) is 0. The Labute approximate surface area is 128 Å². The Bertz CT molecular complexity index is 713. The Morgan fingerprint density at radius 3 is 2.64 bits per heavy atom. The quantitative estimate of drug-likeness (QED) is 0.643. The van der Waals surface area contributed by atoms with Crippen LogP contribution >= 0.6 is 0 Å². The molecule has 0 aliphatic carbocycles. The van der Waals surface area contributed by atoms with E-state index in [1.54, 1.807) is 13.8 Å². The summed E-state index contributed by atoms with van der Waals surface area (Å²) >= 11 is 0. The molecule has 1 unspecified atom stereocenters. The zero-order valence-electron chi connectivity index (χ0n) is 12.7. The summed E-state index contributed by atoms with van der Waals surface area (Å²) in [5.74, 6) is 3.73. The third-order valence-corrected chi connectivity index (χ3v) is 3.27. The van der Waals surface area contributed by atoms with Crippen LogP contribution in [-0.2, 0) is 4.74 Å². The van der Waals surface area contributed by atoms with Crippen LogP contribution in [0.5, 0.6) is 0 Å². The molecule has 2 aromatic rings. The number of carbonyl (C=O) groups is 1. The monoisotopic (exact) mass is 300 g/mol. The fourth-order valence-electron chi connectivity index (χ4n) is 2.16. The lowest BCUT2D eigenvalue weighted by Gasteiger charge is -2.16. The van der Waals surface area contributed by atoms with Crippen LogP contribution in [0.15, 0.2) is 36.7 Å². The second-order valence-electron chi connectivity index (χ2n) is 4.82. The van der Waals surface area contributed by atoms with Crippen molar-refractivity contribution in [3.8, 4) is 11.8 Å². The number of aromatic nitrogens is 2. The smallest absolute Gasteiger partial charge is 0.361 e. The molecule has 1 aromatic carbocycles. The minimum atomic E-state index is -0.843. The molecule has 2 atom stereocenters. The summed E-state index contributed by atoms with van der Waals surface area (Å²) < 4.78 is 20.5. The molecule has 0 aliphatic heterocycles. The number of hydrogen-bond donors (Lipinski definition) is 0. The van der Waals surface area contributed by atoms with Gasteiger partial charge in [0.25, 0.3) is 0 Å². The molecule has 0 amide bonds. The Morgan fingerprint density at radius 2 is 2.00 bits per heavy atom. The zero-order chi connectivity index (χ0) is 16.1. The molecule has 1 heterocycles. The van der Waals surface area contributed by atoms with Crippen LogP contribution in [-0.4, -0.2) is 21.6 Å². The summed E-state index contributed by atoms with van der Waals surface area (Å²) in [5.41, 5.74) is 0.747. The van der Waals surface area contributed by atoms with Gasteiger partial charge in [0.05, 0.1) is 12.4 Å². The molecule has 114 valence electrons. The van der Waals surface area contributed by atoms with E-state index in [4.69, 9.17) is 4.74 Å². The van der Waals surface area contributed by atoms with Crippen molar-refractivity contribution in [3.05, 3.63) is 53.9 Å². The van der Waals surface area contributed by atoms with E-state index in [0.29, 0.717) is 0 Å². The Hall–Kier alpha value is -2.61. The molecule has 0 saturated carbocycles. The van der Waals surface area contributed by atoms with Crippen LogP contribution in [0.4, 0.5) is 4.39 Å². The van der Waals surface area contributed by atoms with Crippen molar-refractivity contribution in [1.29, 1.82) is 0 Å². The molecule has 0 saturated heterocycles. The molecule has 22 heavy (non-hydrogen) atoms. The minimum absolute atomic E-state index is 0.193. The summed E-state index contributed by atoms with van der Waals surface area (Å²) in [6, 6.07) is 9.23.